The van der Waals surface area contributed by atoms with Gasteiger partial charge in [0.1, 0.15) is 6.61 Å². The molecular formula is C18H16ClN5O2. The van der Waals surface area contributed by atoms with Crippen LogP contribution in [0.25, 0.3) is 16.7 Å². The number of likely N-dealkylation sites (N-methyl/N-ethyl adjacent to an activating group) is 1. The summed E-state index contributed by atoms with van der Waals surface area (Å²) in [6.07, 6.45) is 1.61. The molecule has 0 aliphatic carbocycles. The van der Waals surface area contributed by atoms with Gasteiger partial charge in [-0.1, -0.05) is 16.8 Å². The van der Waals surface area contributed by atoms with E-state index in [1.54, 1.807) is 36.5 Å². The average Bonchev–Trinajstić information content (AvgIpc) is 2.92. The van der Waals surface area contributed by atoms with Crippen LogP contribution in [0.1, 0.15) is 11.4 Å². The molecule has 2 aromatic heterocycles. The summed E-state index contributed by atoms with van der Waals surface area (Å²) in [5, 5.41) is 5.25. The van der Waals surface area contributed by atoms with Crippen LogP contribution in [0.4, 0.5) is 0 Å². The quantitative estimate of drug-likeness (QED) is 0.407. The van der Waals surface area contributed by atoms with Gasteiger partial charge in [-0.2, -0.15) is 0 Å². The van der Waals surface area contributed by atoms with Crippen LogP contribution >= 0.6 is 11.6 Å². The number of nitrogens with zero attached hydrogens (tertiary/aromatic N) is 5. The average molecular weight is 370 g/mol. The van der Waals surface area contributed by atoms with Gasteiger partial charge in [-0.3, -0.25) is 9.36 Å². The molecule has 0 fully saturated rings. The summed E-state index contributed by atoms with van der Waals surface area (Å²) in [6, 6.07) is 8.71. The van der Waals surface area contributed by atoms with Crippen LogP contribution in [0.15, 0.2) is 46.5 Å². The highest BCUT2D eigenvalue weighted by molar-refractivity contribution is 6.31. The number of rotatable bonds is 4. The number of pyridine rings is 1. The Hall–Kier alpha value is -2.77. The van der Waals surface area contributed by atoms with E-state index in [-0.39, 0.29) is 5.56 Å². The molecule has 0 saturated carbocycles. The number of fused-ring (bicyclic) bond motifs is 4. The largest absolute Gasteiger partial charge is 0.394 e. The van der Waals surface area contributed by atoms with E-state index in [0.717, 1.165) is 6.54 Å². The van der Waals surface area contributed by atoms with Crippen LogP contribution in [0.2, 0.25) is 5.02 Å². The maximum absolute atomic E-state index is 13.0. The molecule has 0 amide bonds. The molecule has 4 rings (SSSR count). The van der Waals surface area contributed by atoms with Crippen molar-refractivity contribution in [2.24, 2.45) is 5.16 Å². The van der Waals surface area contributed by atoms with Gasteiger partial charge in [0, 0.05) is 23.3 Å². The van der Waals surface area contributed by atoms with E-state index in [2.05, 4.69) is 15.1 Å². The highest BCUT2D eigenvalue weighted by Gasteiger charge is 2.30. The lowest BCUT2D eigenvalue weighted by Gasteiger charge is -2.08. The Morgan fingerprint density at radius 1 is 1.31 bits per heavy atom. The minimum absolute atomic E-state index is 0.194. The maximum atomic E-state index is 13.0. The van der Waals surface area contributed by atoms with Gasteiger partial charge >= 0.3 is 0 Å². The van der Waals surface area contributed by atoms with Crippen LogP contribution in [-0.2, 0) is 4.84 Å². The maximum Gasteiger partial charge on any atom is 0.267 e. The molecule has 0 atom stereocenters. The first-order chi connectivity index (χ1) is 12.6. The Morgan fingerprint density at radius 2 is 2.15 bits per heavy atom. The molecule has 0 N–H and O–H groups in total. The first-order valence-electron chi connectivity index (χ1n) is 8.09. The molecule has 0 unspecified atom stereocenters. The zero-order valence-corrected chi connectivity index (χ0v) is 15.1. The number of halogens is 1. The summed E-state index contributed by atoms with van der Waals surface area (Å²) in [7, 11) is 3.91. The van der Waals surface area contributed by atoms with E-state index in [0.29, 0.717) is 45.4 Å². The highest BCUT2D eigenvalue weighted by atomic mass is 35.5. The fourth-order valence-corrected chi connectivity index (χ4v) is 3.01. The van der Waals surface area contributed by atoms with E-state index in [9.17, 15) is 4.79 Å². The van der Waals surface area contributed by atoms with E-state index >= 15 is 0 Å². The number of benzene rings is 1. The highest BCUT2D eigenvalue weighted by Crippen LogP contribution is 2.29. The van der Waals surface area contributed by atoms with Crippen LogP contribution in [0.5, 0.6) is 0 Å². The van der Waals surface area contributed by atoms with Crippen LogP contribution in [0, 0.1) is 0 Å². The Kier molecular flexibility index (Phi) is 4.18. The summed E-state index contributed by atoms with van der Waals surface area (Å²) in [6.45, 7) is 1.14. The summed E-state index contributed by atoms with van der Waals surface area (Å²) in [5.41, 5.74) is 2.06. The molecule has 0 saturated heterocycles. The number of hydrogen-bond donors (Lipinski definition) is 0. The molecule has 3 aromatic rings. The lowest BCUT2D eigenvalue weighted by molar-refractivity contribution is 0.126. The van der Waals surface area contributed by atoms with Crippen molar-refractivity contribution in [2.45, 2.75) is 0 Å². The second-order valence-corrected chi connectivity index (χ2v) is 6.62. The lowest BCUT2D eigenvalue weighted by atomic mass is 10.1. The van der Waals surface area contributed by atoms with Gasteiger partial charge in [0.2, 0.25) is 0 Å². The standard InChI is InChI=1S/C18H16ClN5O2/c1-23(2)8-9-26-22-15-13-10-11(19)5-6-14(13)24-17(15)21-16-12(18(24)25)4-3-7-20-16/h3-7,10H,8-9H2,1-2H3. The third-order valence-electron chi connectivity index (χ3n) is 4.10. The van der Waals surface area contributed by atoms with Crippen molar-refractivity contribution in [3.8, 4) is 5.69 Å². The van der Waals surface area contributed by atoms with E-state index in [4.69, 9.17) is 16.4 Å². The SMILES string of the molecule is CN(C)CCON=C1c2cc(Cl)ccc2-n2c1nc1ncccc1c2=O. The first-order valence-corrected chi connectivity index (χ1v) is 8.47. The third-order valence-corrected chi connectivity index (χ3v) is 4.33. The van der Waals surface area contributed by atoms with Crippen LogP contribution in [0.3, 0.4) is 0 Å². The molecular weight excluding hydrogens is 354 g/mol. The molecule has 0 bridgehead atoms. The van der Waals surface area contributed by atoms with Crippen molar-refractivity contribution in [2.75, 3.05) is 27.2 Å². The fraction of sp³-hybridized carbons (Fsp3) is 0.222. The molecule has 0 spiro atoms. The summed E-state index contributed by atoms with van der Waals surface area (Å²) >= 11 is 6.16. The van der Waals surface area contributed by atoms with Crippen LogP contribution in [-0.4, -0.2) is 52.4 Å². The second-order valence-electron chi connectivity index (χ2n) is 6.19. The molecule has 8 heteroatoms. The number of oxime groups is 1. The van der Waals surface area contributed by atoms with Crippen molar-refractivity contribution in [1.29, 1.82) is 0 Å². The van der Waals surface area contributed by atoms with Gasteiger partial charge < -0.3 is 9.74 Å². The third kappa shape index (κ3) is 2.75. The van der Waals surface area contributed by atoms with Crippen LogP contribution < -0.4 is 5.56 Å². The molecule has 7 nitrogen and oxygen atoms in total. The Bertz CT molecular complexity index is 1090. The molecule has 1 aliphatic rings. The normalized spacial score (nSPS) is 14.1. The van der Waals surface area contributed by atoms with Gasteiger partial charge in [0.15, 0.2) is 17.2 Å². The minimum atomic E-state index is -0.194. The molecule has 1 aliphatic heterocycles. The predicted molar refractivity (Wildman–Crippen MR) is 100 cm³/mol. The van der Waals surface area contributed by atoms with E-state index in [1.165, 1.54) is 4.57 Å². The lowest BCUT2D eigenvalue weighted by Crippen LogP contribution is -2.22. The minimum Gasteiger partial charge on any atom is -0.394 e. The van der Waals surface area contributed by atoms with E-state index < -0.39 is 0 Å². The number of aromatic nitrogens is 3. The zero-order chi connectivity index (χ0) is 18.3. The van der Waals surface area contributed by atoms with Gasteiger partial charge in [-0.05, 0) is 44.4 Å². The second kappa shape index (κ2) is 6.51. The predicted octanol–water partition coefficient (Wildman–Crippen LogP) is 2.08. The van der Waals surface area contributed by atoms with Crippen molar-refractivity contribution < 1.29 is 4.84 Å². The smallest absolute Gasteiger partial charge is 0.267 e. The van der Waals surface area contributed by atoms with E-state index in [1.807, 2.05) is 19.0 Å². The molecule has 1 aromatic carbocycles. The molecule has 26 heavy (non-hydrogen) atoms. The first kappa shape index (κ1) is 16.7. The molecule has 132 valence electrons. The Labute approximate surface area is 154 Å². The van der Waals surface area contributed by atoms with Crippen molar-refractivity contribution in [3.05, 3.63) is 63.3 Å². The Morgan fingerprint density at radius 3 is 2.96 bits per heavy atom. The van der Waals surface area contributed by atoms with Crippen molar-refractivity contribution in [3.63, 3.8) is 0 Å². The monoisotopic (exact) mass is 369 g/mol. The van der Waals surface area contributed by atoms with Gasteiger partial charge in [0.25, 0.3) is 5.56 Å². The van der Waals surface area contributed by atoms with Gasteiger partial charge in [-0.25, -0.2) is 9.97 Å². The fourth-order valence-electron chi connectivity index (χ4n) is 2.84. The summed E-state index contributed by atoms with van der Waals surface area (Å²) in [5.74, 6) is 0.406. The summed E-state index contributed by atoms with van der Waals surface area (Å²) < 4.78 is 1.53. The summed E-state index contributed by atoms with van der Waals surface area (Å²) in [4.78, 5) is 29.2. The van der Waals surface area contributed by atoms with Crippen molar-refractivity contribution >= 4 is 28.3 Å². The molecule has 3 heterocycles. The van der Waals surface area contributed by atoms with Gasteiger partial charge in [0.05, 0.1) is 11.1 Å². The van der Waals surface area contributed by atoms with Crippen molar-refractivity contribution in [1.82, 2.24) is 19.4 Å². The molecule has 0 radical (unpaired) electrons. The van der Waals surface area contributed by atoms with Gasteiger partial charge in [-0.15, -0.1) is 0 Å². The topological polar surface area (TPSA) is 72.6 Å². The zero-order valence-electron chi connectivity index (χ0n) is 14.3. The Balaban J connectivity index is 1.90. The number of hydrogen-bond acceptors (Lipinski definition) is 6.